The lowest BCUT2D eigenvalue weighted by atomic mass is 10.2. The molecule has 0 aliphatic rings. The fourth-order valence-corrected chi connectivity index (χ4v) is 1.62. The summed E-state index contributed by atoms with van der Waals surface area (Å²) in [5.74, 6) is 0.478. The molecule has 0 heterocycles. The van der Waals surface area contributed by atoms with Crippen molar-refractivity contribution in [2.45, 2.75) is 59.3 Å². The predicted octanol–water partition coefficient (Wildman–Crippen LogP) is 4.79. The summed E-state index contributed by atoms with van der Waals surface area (Å²) in [6.45, 7) is 7.13. The van der Waals surface area contributed by atoms with Gasteiger partial charge in [-0.15, -0.1) is 0 Å². The van der Waals surface area contributed by atoms with Crippen LogP contribution in [0.1, 0.15) is 59.3 Å². The van der Waals surface area contributed by atoms with Crippen molar-refractivity contribution in [1.29, 1.82) is 0 Å². The fraction of sp³-hybridized carbons (Fsp3) is 0.611. The molecular formula is C18H31NO. The molecule has 0 spiro atoms. The van der Waals surface area contributed by atoms with Crippen molar-refractivity contribution in [2.75, 3.05) is 6.54 Å². The maximum absolute atomic E-state index is 11.4. The fourth-order valence-electron chi connectivity index (χ4n) is 1.62. The van der Waals surface area contributed by atoms with Crippen LogP contribution >= 0.6 is 0 Å². The summed E-state index contributed by atoms with van der Waals surface area (Å²) >= 11 is 0. The van der Waals surface area contributed by atoms with Crippen molar-refractivity contribution < 1.29 is 4.79 Å². The zero-order chi connectivity index (χ0) is 15.1. The number of unbranched alkanes of at least 4 members (excludes halogenated alkanes) is 4. The Morgan fingerprint density at radius 3 is 2.40 bits per heavy atom. The Kier molecular flexibility index (Phi) is 13.2. The van der Waals surface area contributed by atoms with Gasteiger partial charge in [-0.2, -0.15) is 0 Å². The van der Waals surface area contributed by atoms with Crippen LogP contribution < -0.4 is 5.32 Å². The van der Waals surface area contributed by atoms with Crippen LogP contribution in [0.4, 0.5) is 0 Å². The Bertz CT molecular complexity index is 313. The third kappa shape index (κ3) is 14.7. The summed E-state index contributed by atoms with van der Waals surface area (Å²) < 4.78 is 0. The van der Waals surface area contributed by atoms with Crippen molar-refractivity contribution in [3.63, 3.8) is 0 Å². The standard InChI is InChI=1S/C18H31NO/c1-4-5-6-7-8-9-10-11-12-13-14-15-18(20)19-16-17(2)3/h8-9,12-15,17H,4-7,10-11,16H2,1-3H3,(H,19,20)/b9-8-,13-12+,15-14+. The second-order valence-corrected chi connectivity index (χ2v) is 5.47. The minimum absolute atomic E-state index is 0.0147. The monoisotopic (exact) mass is 277 g/mol. The van der Waals surface area contributed by atoms with Gasteiger partial charge in [-0.25, -0.2) is 0 Å². The number of allylic oxidation sites excluding steroid dienone is 5. The van der Waals surface area contributed by atoms with Gasteiger partial charge in [0.25, 0.3) is 0 Å². The van der Waals surface area contributed by atoms with E-state index in [1.165, 1.54) is 25.7 Å². The minimum atomic E-state index is -0.0147. The van der Waals surface area contributed by atoms with Gasteiger partial charge in [0, 0.05) is 12.6 Å². The van der Waals surface area contributed by atoms with E-state index >= 15 is 0 Å². The highest BCUT2D eigenvalue weighted by Crippen LogP contribution is 2.01. The summed E-state index contributed by atoms with van der Waals surface area (Å²) in [5, 5.41) is 2.85. The molecule has 0 saturated carbocycles. The Morgan fingerprint density at radius 1 is 1.00 bits per heavy atom. The minimum Gasteiger partial charge on any atom is -0.352 e. The molecule has 20 heavy (non-hydrogen) atoms. The lowest BCUT2D eigenvalue weighted by Crippen LogP contribution is -2.25. The molecule has 0 aliphatic heterocycles. The van der Waals surface area contributed by atoms with Crippen LogP contribution in [0.3, 0.4) is 0 Å². The van der Waals surface area contributed by atoms with Crippen LogP contribution in [0.25, 0.3) is 0 Å². The number of carbonyl (C=O) groups is 1. The molecule has 1 N–H and O–H groups in total. The van der Waals surface area contributed by atoms with E-state index in [0.29, 0.717) is 5.92 Å². The zero-order valence-electron chi connectivity index (χ0n) is 13.4. The molecule has 0 saturated heterocycles. The molecule has 0 fully saturated rings. The van der Waals surface area contributed by atoms with E-state index in [1.54, 1.807) is 12.2 Å². The van der Waals surface area contributed by atoms with Crippen LogP contribution in [-0.4, -0.2) is 12.5 Å². The van der Waals surface area contributed by atoms with Gasteiger partial charge < -0.3 is 5.32 Å². The largest absolute Gasteiger partial charge is 0.352 e. The van der Waals surface area contributed by atoms with Crippen molar-refractivity contribution >= 4 is 5.91 Å². The van der Waals surface area contributed by atoms with E-state index in [-0.39, 0.29) is 5.91 Å². The van der Waals surface area contributed by atoms with E-state index in [2.05, 4.69) is 44.3 Å². The molecule has 0 aromatic carbocycles. The summed E-state index contributed by atoms with van der Waals surface area (Å²) in [6, 6.07) is 0. The van der Waals surface area contributed by atoms with E-state index in [9.17, 15) is 4.79 Å². The zero-order valence-corrected chi connectivity index (χ0v) is 13.4. The van der Waals surface area contributed by atoms with Crippen molar-refractivity contribution in [3.8, 4) is 0 Å². The molecule has 1 amide bonds. The average molecular weight is 277 g/mol. The molecular weight excluding hydrogens is 246 g/mol. The van der Waals surface area contributed by atoms with E-state index < -0.39 is 0 Å². The number of hydrogen-bond donors (Lipinski definition) is 1. The SMILES string of the molecule is CCCCC/C=C\CC/C=C/C=C/C(=O)NCC(C)C. The molecule has 0 aliphatic carbocycles. The van der Waals surface area contributed by atoms with Gasteiger partial charge in [0.1, 0.15) is 0 Å². The lowest BCUT2D eigenvalue weighted by molar-refractivity contribution is -0.116. The topological polar surface area (TPSA) is 29.1 Å². The Morgan fingerprint density at radius 2 is 1.70 bits per heavy atom. The molecule has 0 aromatic rings. The van der Waals surface area contributed by atoms with Crippen molar-refractivity contribution in [3.05, 3.63) is 36.5 Å². The summed E-state index contributed by atoms with van der Waals surface area (Å²) in [6.07, 6.45) is 19.2. The highest BCUT2D eigenvalue weighted by Gasteiger charge is 1.95. The smallest absolute Gasteiger partial charge is 0.243 e. The molecule has 0 rings (SSSR count). The third-order valence-electron chi connectivity index (χ3n) is 2.82. The first kappa shape index (κ1) is 18.7. The van der Waals surface area contributed by atoms with E-state index in [1.807, 2.05) is 6.08 Å². The molecule has 0 unspecified atom stereocenters. The van der Waals surface area contributed by atoms with Gasteiger partial charge in [-0.3, -0.25) is 4.79 Å². The van der Waals surface area contributed by atoms with Gasteiger partial charge in [-0.1, -0.05) is 64.0 Å². The number of hydrogen-bond acceptors (Lipinski definition) is 1. The molecule has 2 nitrogen and oxygen atoms in total. The predicted molar refractivity (Wildman–Crippen MR) is 88.6 cm³/mol. The van der Waals surface area contributed by atoms with Crippen LogP contribution in [-0.2, 0) is 4.79 Å². The summed E-state index contributed by atoms with van der Waals surface area (Å²) in [4.78, 5) is 11.4. The first-order chi connectivity index (χ1) is 9.66. The summed E-state index contributed by atoms with van der Waals surface area (Å²) in [5.41, 5.74) is 0. The van der Waals surface area contributed by atoms with Crippen molar-refractivity contribution in [2.24, 2.45) is 5.92 Å². The normalized spacial score (nSPS) is 12.2. The lowest BCUT2D eigenvalue weighted by Gasteiger charge is -2.03. The van der Waals surface area contributed by atoms with Crippen LogP contribution in [0.2, 0.25) is 0 Å². The van der Waals surface area contributed by atoms with Gasteiger partial charge >= 0.3 is 0 Å². The molecule has 0 radical (unpaired) electrons. The van der Waals surface area contributed by atoms with Gasteiger partial charge in [0.05, 0.1) is 0 Å². The maximum atomic E-state index is 11.4. The number of rotatable bonds is 11. The third-order valence-corrected chi connectivity index (χ3v) is 2.82. The molecule has 0 bridgehead atoms. The molecule has 0 atom stereocenters. The van der Waals surface area contributed by atoms with Gasteiger partial charge in [0.15, 0.2) is 0 Å². The highest BCUT2D eigenvalue weighted by molar-refractivity contribution is 5.87. The van der Waals surface area contributed by atoms with Gasteiger partial charge in [-0.05, 0) is 31.6 Å². The van der Waals surface area contributed by atoms with E-state index in [4.69, 9.17) is 0 Å². The summed E-state index contributed by atoms with van der Waals surface area (Å²) in [7, 11) is 0. The highest BCUT2D eigenvalue weighted by atomic mass is 16.1. The molecule has 2 heteroatoms. The number of carbonyl (C=O) groups excluding carboxylic acids is 1. The first-order valence-corrected chi connectivity index (χ1v) is 7.92. The second kappa shape index (κ2) is 14.1. The quantitative estimate of drug-likeness (QED) is 0.250. The maximum Gasteiger partial charge on any atom is 0.243 e. The Hall–Kier alpha value is -1.31. The molecule has 114 valence electrons. The second-order valence-electron chi connectivity index (χ2n) is 5.47. The van der Waals surface area contributed by atoms with Gasteiger partial charge in [0.2, 0.25) is 5.91 Å². The number of nitrogens with one attached hydrogen (secondary N) is 1. The Labute approximate surface area is 125 Å². The van der Waals surface area contributed by atoms with E-state index in [0.717, 1.165) is 19.4 Å². The first-order valence-electron chi connectivity index (χ1n) is 7.92. The number of amides is 1. The molecule has 0 aromatic heterocycles. The van der Waals surface area contributed by atoms with Crippen LogP contribution in [0.5, 0.6) is 0 Å². The van der Waals surface area contributed by atoms with Crippen LogP contribution in [0.15, 0.2) is 36.5 Å². The average Bonchev–Trinajstić information content (AvgIpc) is 2.42. The van der Waals surface area contributed by atoms with Crippen LogP contribution in [0, 0.1) is 5.92 Å². The Balaban J connectivity index is 3.53. The van der Waals surface area contributed by atoms with Crippen molar-refractivity contribution in [1.82, 2.24) is 5.32 Å².